The van der Waals surface area contributed by atoms with Crippen molar-refractivity contribution in [1.29, 1.82) is 0 Å². The van der Waals surface area contributed by atoms with Gasteiger partial charge in [0.05, 0.1) is 5.69 Å². The number of pyridine rings is 1. The Labute approximate surface area is 190 Å². The second-order valence-corrected chi connectivity index (χ2v) is 8.36. The summed E-state index contributed by atoms with van der Waals surface area (Å²) >= 11 is 0. The van der Waals surface area contributed by atoms with Crippen LogP contribution in [0.5, 0.6) is 5.75 Å². The molecule has 1 aromatic heterocycles. The Hall–Kier alpha value is -3.09. The third-order valence-corrected chi connectivity index (χ3v) is 6.01. The molecule has 32 heavy (non-hydrogen) atoms. The molecule has 1 aliphatic heterocycles. The first kappa shape index (κ1) is 22.1. The Bertz CT molecular complexity index is 1060. The molecule has 6 heteroatoms. The van der Waals surface area contributed by atoms with Crippen LogP contribution in [0, 0.1) is 6.92 Å². The van der Waals surface area contributed by atoms with E-state index in [1.165, 1.54) is 0 Å². The highest BCUT2D eigenvalue weighted by Crippen LogP contribution is 2.20. The molecule has 0 radical (unpaired) electrons. The van der Waals surface area contributed by atoms with Crippen LogP contribution in [0.1, 0.15) is 11.3 Å². The van der Waals surface area contributed by atoms with E-state index < -0.39 is 0 Å². The van der Waals surface area contributed by atoms with Crippen molar-refractivity contribution in [1.82, 2.24) is 14.4 Å². The number of benzene rings is 2. The lowest BCUT2D eigenvalue weighted by Gasteiger charge is -2.32. The zero-order valence-electron chi connectivity index (χ0n) is 19.0. The van der Waals surface area contributed by atoms with Crippen LogP contribution in [-0.4, -0.2) is 60.7 Å². The quantitative estimate of drug-likeness (QED) is 0.591. The molecule has 0 spiro atoms. The summed E-state index contributed by atoms with van der Waals surface area (Å²) in [4.78, 5) is 17.3. The highest BCUT2D eigenvalue weighted by Gasteiger charge is 2.13. The molecule has 4 rings (SSSR count). The Kier molecular flexibility index (Phi) is 7.24. The Balaban J connectivity index is 1.38. The standard InChI is InChI=1S/C26H32N4O2/c1-21-26(32-20-22-6-4-3-5-7-22)25(31)12-14-30(21)24-10-8-23(9-11-24)27-13-15-29-18-16-28(2)17-19-29/h3-12,14,27H,13,15-20H2,1-2H3. The van der Waals surface area contributed by atoms with Crippen LogP contribution in [0.2, 0.25) is 0 Å². The molecular formula is C26H32N4O2. The van der Waals surface area contributed by atoms with Gasteiger partial charge in [-0.05, 0) is 43.8 Å². The van der Waals surface area contributed by atoms with Gasteiger partial charge in [0.25, 0.3) is 0 Å². The van der Waals surface area contributed by atoms with E-state index >= 15 is 0 Å². The summed E-state index contributed by atoms with van der Waals surface area (Å²) in [5.41, 5.74) is 3.83. The molecule has 1 fully saturated rings. The van der Waals surface area contributed by atoms with E-state index in [4.69, 9.17) is 4.74 Å². The Morgan fingerprint density at radius 2 is 1.66 bits per heavy atom. The molecular weight excluding hydrogens is 400 g/mol. The lowest BCUT2D eigenvalue weighted by atomic mass is 10.2. The third kappa shape index (κ3) is 5.58. The number of hydrogen-bond donors (Lipinski definition) is 1. The largest absolute Gasteiger partial charge is 0.483 e. The van der Waals surface area contributed by atoms with Crippen LogP contribution in [0.25, 0.3) is 5.69 Å². The summed E-state index contributed by atoms with van der Waals surface area (Å²) in [5.74, 6) is 0.394. The topological polar surface area (TPSA) is 49.7 Å². The zero-order valence-corrected chi connectivity index (χ0v) is 19.0. The van der Waals surface area contributed by atoms with E-state index in [2.05, 4.69) is 46.4 Å². The smallest absolute Gasteiger partial charge is 0.223 e. The predicted octanol–water partition coefficient (Wildman–Crippen LogP) is 3.38. The molecule has 1 N–H and O–H groups in total. The van der Waals surface area contributed by atoms with Gasteiger partial charge in [-0.3, -0.25) is 9.69 Å². The summed E-state index contributed by atoms with van der Waals surface area (Å²) in [7, 11) is 2.18. The summed E-state index contributed by atoms with van der Waals surface area (Å²) < 4.78 is 7.90. The van der Waals surface area contributed by atoms with Gasteiger partial charge in [-0.1, -0.05) is 30.3 Å². The summed E-state index contributed by atoms with van der Waals surface area (Å²) in [6, 6.07) is 19.8. The van der Waals surface area contributed by atoms with Gasteiger partial charge in [0, 0.05) is 62.9 Å². The molecule has 2 aromatic carbocycles. The van der Waals surface area contributed by atoms with Crippen LogP contribution in [-0.2, 0) is 6.61 Å². The van der Waals surface area contributed by atoms with Crippen molar-refractivity contribution in [3.8, 4) is 11.4 Å². The van der Waals surface area contributed by atoms with Gasteiger partial charge in [0.2, 0.25) is 5.43 Å². The third-order valence-electron chi connectivity index (χ3n) is 6.01. The normalized spacial score (nSPS) is 14.9. The number of likely N-dealkylation sites (N-methyl/N-ethyl adjacent to an activating group) is 1. The number of nitrogens with one attached hydrogen (secondary N) is 1. The average molecular weight is 433 g/mol. The number of piperazine rings is 1. The van der Waals surface area contributed by atoms with Crippen molar-refractivity contribution in [3.05, 3.63) is 88.3 Å². The second kappa shape index (κ2) is 10.5. The molecule has 0 aliphatic carbocycles. The average Bonchev–Trinajstić information content (AvgIpc) is 2.82. The monoisotopic (exact) mass is 432 g/mol. The van der Waals surface area contributed by atoms with E-state index in [0.29, 0.717) is 12.4 Å². The molecule has 168 valence electrons. The molecule has 0 bridgehead atoms. The van der Waals surface area contributed by atoms with Gasteiger partial charge in [-0.2, -0.15) is 0 Å². The number of aromatic nitrogens is 1. The van der Waals surface area contributed by atoms with Crippen LogP contribution < -0.4 is 15.5 Å². The van der Waals surface area contributed by atoms with E-state index in [0.717, 1.165) is 61.9 Å². The predicted molar refractivity (Wildman–Crippen MR) is 130 cm³/mol. The number of hydrogen-bond acceptors (Lipinski definition) is 5. The van der Waals surface area contributed by atoms with Gasteiger partial charge in [0.1, 0.15) is 6.61 Å². The summed E-state index contributed by atoms with van der Waals surface area (Å²) in [6.45, 7) is 8.83. The summed E-state index contributed by atoms with van der Waals surface area (Å²) in [6.07, 6.45) is 1.81. The molecule has 0 amide bonds. The fourth-order valence-electron chi connectivity index (χ4n) is 3.97. The molecule has 3 aromatic rings. The van der Waals surface area contributed by atoms with Gasteiger partial charge >= 0.3 is 0 Å². The van der Waals surface area contributed by atoms with Crippen LogP contribution >= 0.6 is 0 Å². The lowest BCUT2D eigenvalue weighted by Crippen LogP contribution is -2.45. The Morgan fingerprint density at radius 3 is 2.38 bits per heavy atom. The molecule has 0 unspecified atom stereocenters. The van der Waals surface area contributed by atoms with Crippen molar-refractivity contribution in [2.45, 2.75) is 13.5 Å². The number of ether oxygens (including phenoxy) is 1. The number of nitrogens with zero attached hydrogens (tertiary/aromatic N) is 3. The van der Waals surface area contributed by atoms with E-state index in [-0.39, 0.29) is 5.43 Å². The van der Waals surface area contributed by atoms with Crippen molar-refractivity contribution < 1.29 is 4.74 Å². The van der Waals surface area contributed by atoms with Crippen molar-refractivity contribution in [2.75, 3.05) is 51.6 Å². The SMILES string of the molecule is Cc1c(OCc2ccccc2)c(=O)ccn1-c1ccc(NCCN2CCN(C)CC2)cc1. The second-order valence-electron chi connectivity index (χ2n) is 8.36. The van der Waals surface area contributed by atoms with E-state index in [1.807, 2.05) is 48.0 Å². The first-order valence-corrected chi connectivity index (χ1v) is 11.2. The van der Waals surface area contributed by atoms with Gasteiger partial charge in [-0.25, -0.2) is 0 Å². The van der Waals surface area contributed by atoms with Crippen LogP contribution in [0.15, 0.2) is 71.7 Å². The first-order valence-electron chi connectivity index (χ1n) is 11.2. The fraction of sp³-hybridized carbons (Fsp3) is 0.346. The first-order chi connectivity index (χ1) is 15.6. The maximum Gasteiger partial charge on any atom is 0.223 e. The fourth-order valence-corrected chi connectivity index (χ4v) is 3.97. The van der Waals surface area contributed by atoms with Gasteiger partial charge < -0.3 is 19.5 Å². The minimum Gasteiger partial charge on any atom is -0.483 e. The van der Waals surface area contributed by atoms with Crippen LogP contribution in [0.3, 0.4) is 0 Å². The van der Waals surface area contributed by atoms with Crippen LogP contribution in [0.4, 0.5) is 5.69 Å². The maximum atomic E-state index is 12.4. The minimum atomic E-state index is -0.100. The Morgan fingerprint density at radius 1 is 0.938 bits per heavy atom. The number of rotatable bonds is 8. The maximum absolute atomic E-state index is 12.4. The highest BCUT2D eigenvalue weighted by atomic mass is 16.5. The zero-order chi connectivity index (χ0) is 22.3. The minimum absolute atomic E-state index is 0.100. The molecule has 6 nitrogen and oxygen atoms in total. The van der Waals surface area contributed by atoms with Crippen molar-refractivity contribution >= 4 is 5.69 Å². The van der Waals surface area contributed by atoms with Crippen molar-refractivity contribution in [3.63, 3.8) is 0 Å². The molecule has 1 aliphatic rings. The molecule has 2 heterocycles. The highest BCUT2D eigenvalue weighted by molar-refractivity contribution is 5.50. The van der Waals surface area contributed by atoms with E-state index in [1.54, 1.807) is 6.07 Å². The van der Waals surface area contributed by atoms with Gasteiger partial charge in [0.15, 0.2) is 5.75 Å². The molecule has 0 saturated carbocycles. The van der Waals surface area contributed by atoms with E-state index in [9.17, 15) is 4.79 Å². The summed E-state index contributed by atoms with van der Waals surface area (Å²) in [5, 5.41) is 3.52. The number of anilines is 1. The van der Waals surface area contributed by atoms with Crippen molar-refractivity contribution in [2.24, 2.45) is 0 Å². The molecule has 1 saturated heterocycles. The van der Waals surface area contributed by atoms with Gasteiger partial charge in [-0.15, -0.1) is 0 Å². The molecule has 0 atom stereocenters. The lowest BCUT2D eigenvalue weighted by molar-refractivity contribution is 0.158.